The van der Waals surface area contributed by atoms with Gasteiger partial charge in [-0.1, -0.05) is 0 Å². The van der Waals surface area contributed by atoms with Gasteiger partial charge < -0.3 is 9.30 Å². The number of hydrogen-bond donors (Lipinski definition) is 0. The average Bonchev–Trinajstić information content (AvgIpc) is 3.22. The highest BCUT2D eigenvalue weighted by atomic mass is 32.2. The van der Waals surface area contributed by atoms with Crippen LogP contribution in [0.4, 0.5) is 8.78 Å². The summed E-state index contributed by atoms with van der Waals surface area (Å²) in [7, 11) is -2.23. The summed E-state index contributed by atoms with van der Waals surface area (Å²) in [6.07, 6.45) is 3.87. The highest BCUT2D eigenvalue weighted by Gasteiger charge is 2.41. The van der Waals surface area contributed by atoms with E-state index in [9.17, 15) is 17.2 Å². The van der Waals surface area contributed by atoms with E-state index in [2.05, 4.69) is 9.97 Å². The predicted molar refractivity (Wildman–Crippen MR) is 101 cm³/mol. The van der Waals surface area contributed by atoms with E-state index in [1.54, 1.807) is 18.6 Å². The first-order valence-corrected chi connectivity index (χ1v) is 11.3. The molecule has 0 spiro atoms. The second-order valence-electron chi connectivity index (χ2n) is 7.76. The summed E-state index contributed by atoms with van der Waals surface area (Å²) in [5.41, 5.74) is 2.50. The van der Waals surface area contributed by atoms with Crippen LogP contribution < -0.4 is 4.74 Å². The highest BCUT2D eigenvalue weighted by Crippen LogP contribution is 2.45. The van der Waals surface area contributed by atoms with Crippen molar-refractivity contribution in [2.24, 2.45) is 5.92 Å². The van der Waals surface area contributed by atoms with E-state index in [0.29, 0.717) is 12.3 Å². The molecule has 29 heavy (non-hydrogen) atoms. The minimum atomic E-state index is -3.75. The monoisotopic (exact) mass is 427 g/mol. The van der Waals surface area contributed by atoms with Crippen LogP contribution in [0.5, 0.6) is 5.88 Å². The summed E-state index contributed by atoms with van der Waals surface area (Å²) in [5, 5.41) is 0. The van der Waals surface area contributed by atoms with E-state index >= 15 is 0 Å². The lowest BCUT2D eigenvalue weighted by Crippen LogP contribution is -2.35. The van der Waals surface area contributed by atoms with Crippen molar-refractivity contribution in [1.82, 2.24) is 14.5 Å². The van der Waals surface area contributed by atoms with E-state index < -0.39 is 22.1 Å². The molecule has 0 saturated heterocycles. The molecular formula is C19H23F2N3O4S. The zero-order valence-electron chi connectivity index (χ0n) is 16.2. The second-order valence-corrected chi connectivity index (χ2v) is 9.36. The van der Waals surface area contributed by atoms with Gasteiger partial charge in [0.15, 0.2) is 0 Å². The van der Waals surface area contributed by atoms with Crippen molar-refractivity contribution in [2.45, 2.75) is 50.2 Å². The lowest BCUT2D eigenvalue weighted by atomic mass is 9.81. The molecular weight excluding hydrogens is 404 g/mol. The van der Waals surface area contributed by atoms with Crippen LogP contribution >= 0.6 is 0 Å². The van der Waals surface area contributed by atoms with Gasteiger partial charge in [-0.3, -0.25) is 4.18 Å². The fourth-order valence-corrected chi connectivity index (χ4v) is 5.03. The summed E-state index contributed by atoms with van der Waals surface area (Å²) >= 11 is 0. The van der Waals surface area contributed by atoms with Crippen molar-refractivity contribution in [3.63, 3.8) is 0 Å². The van der Waals surface area contributed by atoms with Crippen molar-refractivity contribution in [3.05, 3.63) is 30.4 Å². The first kappa shape index (κ1) is 20.2. The van der Waals surface area contributed by atoms with Crippen LogP contribution in [0.2, 0.25) is 0 Å². The lowest BCUT2D eigenvalue weighted by Gasteiger charge is -2.34. The molecule has 2 unspecified atom stereocenters. The molecule has 3 heterocycles. The SMILES string of the molecule is COc1ccc2c(n1)C(CC(OS(C)(=O)=O)C1CCC(F)(F)CC1)n1cncc1-2. The summed E-state index contributed by atoms with van der Waals surface area (Å²) in [6.45, 7) is 0. The molecule has 2 aliphatic rings. The van der Waals surface area contributed by atoms with E-state index in [1.807, 2.05) is 10.6 Å². The number of fused-ring (bicyclic) bond motifs is 3. The third-order valence-electron chi connectivity index (χ3n) is 5.74. The molecule has 0 N–H and O–H groups in total. The van der Waals surface area contributed by atoms with Crippen LogP contribution in [-0.2, 0) is 14.3 Å². The first-order chi connectivity index (χ1) is 13.7. The standard InChI is InChI=1S/C19H23F2N3O4S/c1-27-17-4-3-13-15-10-22-11-24(15)14(18(13)23-17)9-16(28-29(2,25)26)12-5-7-19(20,21)8-6-12/h3-4,10-12,14,16H,5-9H2,1-2H3. The fourth-order valence-electron chi connectivity index (χ4n) is 4.35. The number of alkyl halides is 2. The van der Waals surface area contributed by atoms with Crippen molar-refractivity contribution < 1.29 is 26.1 Å². The van der Waals surface area contributed by atoms with E-state index in [-0.39, 0.29) is 37.6 Å². The molecule has 1 fully saturated rings. The summed E-state index contributed by atoms with van der Waals surface area (Å²) in [5.74, 6) is -2.52. The maximum absolute atomic E-state index is 13.6. The number of pyridine rings is 1. The van der Waals surface area contributed by atoms with E-state index in [0.717, 1.165) is 23.2 Å². The molecule has 2 aromatic heterocycles. The zero-order valence-corrected chi connectivity index (χ0v) is 17.0. The Morgan fingerprint density at radius 3 is 2.69 bits per heavy atom. The zero-order chi connectivity index (χ0) is 20.8. The molecule has 0 bridgehead atoms. The lowest BCUT2D eigenvalue weighted by molar-refractivity contribution is -0.0599. The Morgan fingerprint density at radius 2 is 2.03 bits per heavy atom. The van der Waals surface area contributed by atoms with Gasteiger partial charge in [0.25, 0.3) is 10.1 Å². The van der Waals surface area contributed by atoms with Gasteiger partial charge in [-0.25, -0.2) is 18.7 Å². The van der Waals surface area contributed by atoms with Crippen molar-refractivity contribution in [1.29, 1.82) is 0 Å². The molecule has 0 amide bonds. The second kappa shape index (κ2) is 7.32. The number of ether oxygens (including phenoxy) is 1. The van der Waals surface area contributed by atoms with Gasteiger partial charge in [0, 0.05) is 30.9 Å². The number of rotatable bonds is 6. The molecule has 2 aromatic rings. The number of hydrogen-bond acceptors (Lipinski definition) is 6. The molecule has 4 rings (SSSR count). The maximum atomic E-state index is 13.6. The van der Waals surface area contributed by atoms with Gasteiger partial charge in [0.05, 0.1) is 49.4 Å². The van der Waals surface area contributed by atoms with Crippen LogP contribution in [-0.4, -0.2) is 48.3 Å². The van der Waals surface area contributed by atoms with E-state index in [1.165, 1.54) is 7.11 Å². The molecule has 1 aliphatic heterocycles. The van der Waals surface area contributed by atoms with Crippen LogP contribution in [0.3, 0.4) is 0 Å². The summed E-state index contributed by atoms with van der Waals surface area (Å²) in [4.78, 5) is 8.76. The third kappa shape index (κ3) is 4.13. The van der Waals surface area contributed by atoms with Gasteiger partial charge in [0.1, 0.15) is 0 Å². The molecule has 1 aliphatic carbocycles. The number of methoxy groups -OCH3 is 1. The van der Waals surface area contributed by atoms with Crippen LogP contribution in [0, 0.1) is 5.92 Å². The third-order valence-corrected chi connectivity index (χ3v) is 6.34. The number of halogens is 2. The van der Waals surface area contributed by atoms with Crippen molar-refractivity contribution in [2.75, 3.05) is 13.4 Å². The average molecular weight is 427 g/mol. The minimum absolute atomic E-state index is 0.217. The normalized spacial score (nSPS) is 22.1. The van der Waals surface area contributed by atoms with Crippen molar-refractivity contribution in [3.8, 4) is 17.1 Å². The Morgan fingerprint density at radius 1 is 1.31 bits per heavy atom. The predicted octanol–water partition coefficient (Wildman–Crippen LogP) is 3.42. The van der Waals surface area contributed by atoms with Crippen molar-refractivity contribution >= 4 is 10.1 Å². The number of aromatic nitrogens is 3. The van der Waals surface area contributed by atoms with Gasteiger partial charge in [-0.2, -0.15) is 8.42 Å². The van der Waals surface area contributed by atoms with Gasteiger partial charge >= 0.3 is 0 Å². The van der Waals surface area contributed by atoms with E-state index in [4.69, 9.17) is 8.92 Å². The Hall–Kier alpha value is -2.07. The number of imidazole rings is 1. The molecule has 10 heteroatoms. The quantitative estimate of drug-likeness (QED) is 0.657. The molecule has 0 radical (unpaired) electrons. The molecule has 2 atom stereocenters. The molecule has 7 nitrogen and oxygen atoms in total. The Labute approximate surface area is 168 Å². The van der Waals surface area contributed by atoms with Gasteiger partial charge in [-0.05, 0) is 24.8 Å². The Balaban J connectivity index is 1.66. The largest absolute Gasteiger partial charge is 0.481 e. The Kier molecular flexibility index (Phi) is 5.10. The summed E-state index contributed by atoms with van der Waals surface area (Å²) in [6, 6.07) is 3.33. The summed E-state index contributed by atoms with van der Waals surface area (Å²) < 4.78 is 63.6. The van der Waals surface area contributed by atoms with Crippen LogP contribution in [0.1, 0.15) is 43.8 Å². The minimum Gasteiger partial charge on any atom is -0.481 e. The van der Waals surface area contributed by atoms with Crippen LogP contribution in [0.25, 0.3) is 11.3 Å². The maximum Gasteiger partial charge on any atom is 0.264 e. The van der Waals surface area contributed by atoms with Gasteiger partial charge in [0.2, 0.25) is 11.8 Å². The fraction of sp³-hybridized carbons (Fsp3) is 0.579. The number of nitrogens with zero attached hydrogens (tertiary/aromatic N) is 3. The molecule has 0 aromatic carbocycles. The first-order valence-electron chi connectivity index (χ1n) is 9.50. The molecule has 158 valence electrons. The molecule has 1 saturated carbocycles. The topological polar surface area (TPSA) is 83.3 Å². The highest BCUT2D eigenvalue weighted by molar-refractivity contribution is 7.86. The smallest absolute Gasteiger partial charge is 0.264 e. The van der Waals surface area contributed by atoms with Gasteiger partial charge in [-0.15, -0.1) is 0 Å². The Bertz CT molecular complexity index is 999. The van der Waals surface area contributed by atoms with Crippen LogP contribution in [0.15, 0.2) is 24.7 Å².